The Morgan fingerprint density at radius 1 is 1.39 bits per heavy atom. The number of hydrogen-bond acceptors (Lipinski definition) is 6. The van der Waals surface area contributed by atoms with Gasteiger partial charge >= 0.3 is 0 Å². The first-order chi connectivity index (χ1) is 11.2. The molecule has 0 radical (unpaired) electrons. The average molecular weight is 329 g/mol. The lowest BCUT2D eigenvalue weighted by Gasteiger charge is -2.38. The van der Waals surface area contributed by atoms with Crippen LogP contribution in [0.4, 0.5) is 5.82 Å². The Hall–Kier alpha value is -1.99. The van der Waals surface area contributed by atoms with Crippen molar-refractivity contribution < 1.29 is 4.74 Å². The number of fused-ring (bicyclic) bond motifs is 1. The zero-order valence-electron chi connectivity index (χ0n) is 13.2. The van der Waals surface area contributed by atoms with Crippen molar-refractivity contribution in [3.8, 4) is 0 Å². The van der Waals surface area contributed by atoms with Crippen LogP contribution in [0.3, 0.4) is 0 Å². The van der Waals surface area contributed by atoms with Gasteiger partial charge in [0.2, 0.25) is 0 Å². The predicted octanol–water partition coefficient (Wildman–Crippen LogP) is 2.71. The van der Waals surface area contributed by atoms with E-state index in [1.54, 1.807) is 17.7 Å². The second kappa shape index (κ2) is 5.90. The number of aromatic nitrogens is 4. The second-order valence-electron chi connectivity index (χ2n) is 5.83. The summed E-state index contributed by atoms with van der Waals surface area (Å²) in [6.45, 7) is 5.87. The molecule has 0 N–H and O–H groups in total. The molecule has 0 aliphatic carbocycles. The average Bonchev–Trinajstić information content (AvgIpc) is 3.24. The smallest absolute Gasteiger partial charge is 0.254 e. The number of ether oxygens (including phenoxy) is 1. The summed E-state index contributed by atoms with van der Waals surface area (Å²) in [4.78, 5) is 11.1. The van der Waals surface area contributed by atoms with Crippen LogP contribution >= 0.6 is 11.3 Å². The molecule has 2 atom stereocenters. The van der Waals surface area contributed by atoms with Crippen molar-refractivity contribution >= 4 is 22.9 Å². The quantitative estimate of drug-likeness (QED) is 0.739. The molecule has 1 aliphatic rings. The van der Waals surface area contributed by atoms with Gasteiger partial charge in [0.1, 0.15) is 18.2 Å². The molecule has 3 aromatic heterocycles. The molecular formula is C16H19N5OS. The Balaban J connectivity index is 1.73. The van der Waals surface area contributed by atoms with Crippen molar-refractivity contribution in [2.24, 2.45) is 0 Å². The Morgan fingerprint density at radius 2 is 2.30 bits per heavy atom. The van der Waals surface area contributed by atoms with Gasteiger partial charge in [-0.2, -0.15) is 25.9 Å². The zero-order chi connectivity index (χ0) is 15.8. The van der Waals surface area contributed by atoms with Crippen molar-refractivity contribution in [2.45, 2.75) is 32.5 Å². The van der Waals surface area contributed by atoms with E-state index in [0.717, 1.165) is 31.0 Å². The number of hydrogen-bond donors (Lipinski definition) is 0. The third kappa shape index (κ3) is 2.70. The van der Waals surface area contributed by atoms with Crippen molar-refractivity contribution in [2.75, 3.05) is 18.0 Å². The first-order valence-electron chi connectivity index (χ1n) is 7.86. The van der Waals surface area contributed by atoms with Gasteiger partial charge in [0.15, 0.2) is 0 Å². The fraction of sp³-hybridized carbons (Fsp3) is 0.438. The van der Waals surface area contributed by atoms with E-state index in [9.17, 15) is 0 Å². The van der Waals surface area contributed by atoms with Crippen molar-refractivity contribution in [1.82, 2.24) is 19.6 Å². The molecular weight excluding hydrogens is 310 g/mol. The molecule has 6 nitrogen and oxygen atoms in total. The topological polar surface area (TPSA) is 55.6 Å². The number of morpholine rings is 1. The monoisotopic (exact) mass is 329 g/mol. The predicted molar refractivity (Wildman–Crippen MR) is 90.0 cm³/mol. The largest absolute Gasteiger partial charge is 0.367 e. The first-order valence-corrected chi connectivity index (χ1v) is 8.81. The summed E-state index contributed by atoms with van der Waals surface area (Å²) in [7, 11) is 0. The van der Waals surface area contributed by atoms with Gasteiger partial charge in [0.05, 0.1) is 6.10 Å². The Labute approximate surface area is 138 Å². The molecule has 23 heavy (non-hydrogen) atoms. The molecule has 1 aliphatic heterocycles. The van der Waals surface area contributed by atoms with E-state index >= 15 is 0 Å². The molecule has 0 bridgehead atoms. The Bertz CT molecular complexity index is 800. The van der Waals surface area contributed by atoms with E-state index in [2.05, 4.69) is 56.7 Å². The van der Waals surface area contributed by atoms with Crippen molar-refractivity contribution in [3.05, 3.63) is 40.5 Å². The summed E-state index contributed by atoms with van der Waals surface area (Å²) in [6.07, 6.45) is 2.68. The van der Waals surface area contributed by atoms with E-state index in [1.165, 1.54) is 5.56 Å². The van der Waals surface area contributed by atoms with Gasteiger partial charge in [0, 0.05) is 24.8 Å². The lowest BCUT2D eigenvalue weighted by molar-refractivity contribution is -0.0175. The van der Waals surface area contributed by atoms with E-state index in [-0.39, 0.29) is 12.2 Å². The maximum atomic E-state index is 6.14. The van der Waals surface area contributed by atoms with Crippen LogP contribution in [0.1, 0.15) is 31.2 Å². The van der Waals surface area contributed by atoms with Gasteiger partial charge in [-0.25, -0.2) is 4.98 Å². The minimum absolute atomic E-state index is 0.0850. The Kier molecular flexibility index (Phi) is 3.74. The maximum Gasteiger partial charge on any atom is 0.254 e. The number of thiophene rings is 1. The standard InChI is InChI=1S/C16H19N5OS/c1-3-13-6-15(21-16(19-13)17-10-18-21)20-7-11(2)22-14(8-20)12-4-5-23-9-12/h4-6,9-11,14H,3,7-8H2,1-2H3. The fourth-order valence-electron chi connectivity index (χ4n) is 3.03. The van der Waals surface area contributed by atoms with Crippen LogP contribution in [0.5, 0.6) is 0 Å². The van der Waals surface area contributed by atoms with Gasteiger partial charge in [0.25, 0.3) is 5.78 Å². The molecule has 0 aromatic carbocycles. The molecule has 4 rings (SSSR count). The molecule has 7 heteroatoms. The first kappa shape index (κ1) is 14.6. The van der Waals surface area contributed by atoms with Gasteiger partial charge in [-0.15, -0.1) is 0 Å². The molecule has 4 heterocycles. The third-order valence-electron chi connectivity index (χ3n) is 4.15. The lowest BCUT2D eigenvalue weighted by Crippen LogP contribution is -2.43. The molecule has 120 valence electrons. The van der Waals surface area contributed by atoms with Crippen molar-refractivity contribution in [1.29, 1.82) is 0 Å². The minimum Gasteiger partial charge on any atom is -0.367 e. The Morgan fingerprint density at radius 3 is 3.09 bits per heavy atom. The van der Waals surface area contributed by atoms with Crippen LogP contribution in [0.25, 0.3) is 5.78 Å². The van der Waals surface area contributed by atoms with Crippen LogP contribution in [-0.2, 0) is 11.2 Å². The molecule has 0 saturated carbocycles. The maximum absolute atomic E-state index is 6.14. The van der Waals surface area contributed by atoms with Crippen LogP contribution in [0.15, 0.2) is 29.2 Å². The summed E-state index contributed by atoms with van der Waals surface area (Å²) < 4.78 is 7.96. The van der Waals surface area contributed by atoms with Crippen molar-refractivity contribution in [3.63, 3.8) is 0 Å². The normalized spacial score (nSPS) is 21.9. The van der Waals surface area contributed by atoms with E-state index in [4.69, 9.17) is 4.74 Å². The molecule has 0 spiro atoms. The molecule has 3 aromatic rings. The van der Waals surface area contributed by atoms with E-state index in [1.807, 2.05) is 4.52 Å². The molecule has 1 fully saturated rings. The van der Waals surface area contributed by atoms with Crippen LogP contribution in [-0.4, -0.2) is 38.8 Å². The van der Waals surface area contributed by atoms with E-state index < -0.39 is 0 Å². The highest BCUT2D eigenvalue weighted by Crippen LogP contribution is 2.30. The molecule has 0 amide bonds. The lowest BCUT2D eigenvalue weighted by atomic mass is 10.1. The highest BCUT2D eigenvalue weighted by molar-refractivity contribution is 7.07. The van der Waals surface area contributed by atoms with Crippen LogP contribution in [0.2, 0.25) is 0 Å². The van der Waals surface area contributed by atoms with Gasteiger partial charge in [-0.3, -0.25) is 0 Å². The number of rotatable bonds is 3. The SMILES string of the molecule is CCc1cc(N2CC(C)OC(c3ccsc3)C2)n2ncnc2n1. The minimum atomic E-state index is 0.0850. The summed E-state index contributed by atoms with van der Waals surface area (Å²) in [6, 6.07) is 4.25. The highest BCUT2D eigenvalue weighted by atomic mass is 32.1. The van der Waals surface area contributed by atoms with Gasteiger partial charge < -0.3 is 9.64 Å². The fourth-order valence-corrected chi connectivity index (χ4v) is 3.73. The third-order valence-corrected chi connectivity index (χ3v) is 4.85. The van der Waals surface area contributed by atoms with E-state index in [0.29, 0.717) is 5.78 Å². The molecule has 2 unspecified atom stereocenters. The number of aryl methyl sites for hydroxylation is 1. The number of anilines is 1. The van der Waals surface area contributed by atoms with Gasteiger partial charge in [-0.1, -0.05) is 6.92 Å². The van der Waals surface area contributed by atoms with Crippen LogP contribution in [0, 0.1) is 0 Å². The molecule has 1 saturated heterocycles. The van der Waals surface area contributed by atoms with Gasteiger partial charge in [-0.05, 0) is 35.7 Å². The highest BCUT2D eigenvalue weighted by Gasteiger charge is 2.28. The summed E-state index contributed by atoms with van der Waals surface area (Å²) >= 11 is 1.71. The zero-order valence-corrected chi connectivity index (χ0v) is 14.0. The number of nitrogens with zero attached hydrogens (tertiary/aromatic N) is 5. The summed E-state index contributed by atoms with van der Waals surface area (Å²) in [5, 5.41) is 8.60. The second-order valence-corrected chi connectivity index (χ2v) is 6.61. The summed E-state index contributed by atoms with van der Waals surface area (Å²) in [5.74, 6) is 1.70. The summed E-state index contributed by atoms with van der Waals surface area (Å²) in [5.41, 5.74) is 2.28. The van der Waals surface area contributed by atoms with Crippen LogP contribution < -0.4 is 4.90 Å².